The van der Waals surface area contributed by atoms with Crippen LogP contribution in [0.3, 0.4) is 0 Å². The number of nitrogens with one attached hydrogen (secondary N) is 1. The van der Waals surface area contributed by atoms with Crippen molar-refractivity contribution in [1.29, 1.82) is 0 Å². The molecule has 0 saturated carbocycles. The Balaban J connectivity index is 1.54. The van der Waals surface area contributed by atoms with Crippen LogP contribution in [0.1, 0.15) is 27.4 Å². The second-order valence-electron chi connectivity index (χ2n) is 6.55. The summed E-state index contributed by atoms with van der Waals surface area (Å²) in [5.41, 5.74) is 2.18. The molecule has 1 atom stereocenters. The minimum absolute atomic E-state index is 0.260. The maximum atomic E-state index is 13.1. The third-order valence-corrected chi connectivity index (χ3v) is 6.48. The van der Waals surface area contributed by atoms with Crippen molar-refractivity contribution in [2.24, 2.45) is 0 Å². The molecule has 0 fully saturated rings. The summed E-state index contributed by atoms with van der Waals surface area (Å²) in [6, 6.07) is 14.3. The molecule has 10 heteroatoms. The van der Waals surface area contributed by atoms with Gasteiger partial charge in [0.2, 0.25) is 11.8 Å². The van der Waals surface area contributed by atoms with Gasteiger partial charge in [-0.2, -0.15) is 0 Å². The number of thioether (sulfide) groups is 1. The van der Waals surface area contributed by atoms with E-state index in [0.29, 0.717) is 33.3 Å². The number of aromatic nitrogens is 3. The van der Waals surface area contributed by atoms with Crippen molar-refractivity contribution in [1.82, 2.24) is 15.2 Å². The minimum atomic E-state index is -0.617. The van der Waals surface area contributed by atoms with Crippen LogP contribution in [-0.4, -0.2) is 21.1 Å². The number of anilines is 1. The molecule has 2 heterocycles. The van der Waals surface area contributed by atoms with E-state index in [1.807, 2.05) is 42.6 Å². The van der Waals surface area contributed by atoms with Gasteiger partial charge >= 0.3 is 0 Å². The van der Waals surface area contributed by atoms with Crippen LogP contribution in [-0.2, 0) is 11.2 Å². The van der Waals surface area contributed by atoms with Gasteiger partial charge in [0, 0.05) is 21.1 Å². The van der Waals surface area contributed by atoms with Gasteiger partial charge in [0.25, 0.3) is 5.22 Å². The Bertz CT molecular complexity index is 1180. The highest BCUT2D eigenvalue weighted by Gasteiger charge is 2.25. The van der Waals surface area contributed by atoms with Crippen LogP contribution in [0.4, 0.5) is 5.69 Å². The first kappa shape index (κ1) is 21.8. The van der Waals surface area contributed by atoms with Crippen molar-refractivity contribution < 1.29 is 9.21 Å². The quantitative estimate of drug-likeness (QED) is 0.310. The summed E-state index contributed by atoms with van der Waals surface area (Å²) in [7, 11) is 0. The highest BCUT2D eigenvalue weighted by atomic mass is 35.5. The summed E-state index contributed by atoms with van der Waals surface area (Å²) < 4.78 is 5.77. The zero-order valence-electron chi connectivity index (χ0n) is 16.2. The molecule has 0 aliphatic heterocycles. The minimum Gasteiger partial charge on any atom is -0.416 e. The highest BCUT2D eigenvalue weighted by Crippen LogP contribution is 2.36. The number of amides is 1. The Morgan fingerprint density at radius 2 is 1.90 bits per heavy atom. The molecule has 2 aromatic heterocycles. The van der Waals surface area contributed by atoms with Crippen LogP contribution in [0, 0.1) is 6.92 Å². The maximum Gasteiger partial charge on any atom is 0.277 e. The Hall–Kier alpha value is -2.39. The largest absolute Gasteiger partial charge is 0.416 e. The van der Waals surface area contributed by atoms with Crippen LogP contribution in [0.15, 0.2) is 63.6 Å². The van der Waals surface area contributed by atoms with Gasteiger partial charge < -0.3 is 9.73 Å². The molecule has 158 valence electrons. The van der Waals surface area contributed by atoms with E-state index in [-0.39, 0.29) is 5.91 Å². The zero-order valence-corrected chi connectivity index (χ0v) is 19.4. The van der Waals surface area contributed by atoms with Gasteiger partial charge in [0.1, 0.15) is 5.25 Å². The fourth-order valence-corrected chi connectivity index (χ4v) is 4.87. The lowest BCUT2D eigenvalue weighted by atomic mass is 10.1. The Labute approximate surface area is 197 Å². The van der Waals surface area contributed by atoms with Crippen LogP contribution < -0.4 is 5.32 Å². The summed E-state index contributed by atoms with van der Waals surface area (Å²) in [4.78, 5) is 17.5. The average Bonchev–Trinajstić information content (AvgIpc) is 3.34. The number of halogens is 2. The van der Waals surface area contributed by atoms with Crippen LogP contribution in [0.2, 0.25) is 10.0 Å². The molecule has 4 aromatic rings. The van der Waals surface area contributed by atoms with E-state index < -0.39 is 5.25 Å². The van der Waals surface area contributed by atoms with Crippen LogP contribution in [0.25, 0.3) is 0 Å². The number of carbonyl (C=O) groups excluding carboxylic acids is 1. The molecule has 2 aromatic carbocycles. The van der Waals surface area contributed by atoms with Crippen LogP contribution >= 0.6 is 46.3 Å². The van der Waals surface area contributed by atoms with Gasteiger partial charge in [0.05, 0.1) is 17.1 Å². The first-order valence-corrected chi connectivity index (χ1v) is 11.7. The fraction of sp³-hybridized carbons (Fsp3) is 0.143. The second-order valence-corrected chi connectivity index (χ2v) is 9.54. The van der Waals surface area contributed by atoms with E-state index in [9.17, 15) is 4.79 Å². The van der Waals surface area contributed by atoms with E-state index in [2.05, 4.69) is 20.5 Å². The topological polar surface area (TPSA) is 80.9 Å². The van der Waals surface area contributed by atoms with Gasteiger partial charge in [-0.1, -0.05) is 53.5 Å². The number of carbonyl (C=O) groups is 1. The molecule has 31 heavy (non-hydrogen) atoms. The van der Waals surface area contributed by atoms with Gasteiger partial charge in [-0.15, -0.1) is 21.5 Å². The van der Waals surface area contributed by atoms with E-state index in [0.717, 1.165) is 16.3 Å². The van der Waals surface area contributed by atoms with Crippen LogP contribution in [0.5, 0.6) is 0 Å². The molecule has 0 unspecified atom stereocenters. The van der Waals surface area contributed by atoms with Crippen molar-refractivity contribution in [3.63, 3.8) is 0 Å². The average molecular weight is 491 g/mol. The first-order chi connectivity index (χ1) is 15.0. The van der Waals surface area contributed by atoms with Crippen molar-refractivity contribution in [3.8, 4) is 0 Å². The number of aryl methyl sites for hydroxylation is 1. The van der Waals surface area contributed by atoms with Gasteiger partial charge in [-0.3, -0.25) is 4.79 Å². The molecule has 0 aliphatic carbocycles. The standard InChI is InChI=1S/C21H16Cl2N4O2S2/c1-12-24-17(11-30-12)10-18-26-27-21(29-18)31-19(13-5-3-2-4-6-13)20(28)25-16-8-14(22)7-15(23)9-16/h2-9,11,19H,10H2,1H3,(H,25,28)/t19-/m1/s1. The molecular weight excluding hydrogens is 475 g/mol. The molecule has 1 N–H and O–H groups in total. The molecule has 6 nitrogen and oxygen atoms in total. The van der Waals surface area contributed by atoms with E-state index in [1.165, 1.54) is 11.8 Å². The van der Waals surface area contributed by atoms with E-state index in [4.69, 9.17) is 27.6 Å². The van der Waals surface area contributed by atoms with Gasteiger partial charge in [-0.05, 0) is 42.4 Å². The molecule has 0 bridgehead atoms. The first-order valence-electron chi connectivity index (χ1n) is 9.18. The van der Waals surface area contributed by atoms with Crippen molar-refractivity contribution in [2.45, 2.75) is 23.8 Å². The highest BCUT2D eigenvalue weighted by molar-refractivity contribution is 8.00. The summed E-state index contributed by atoms with van der Waals surface area (Å²) >= 11 is 14.8. The van der Waals surface area contributed by atoms with Crippen molar-refractivity contribution >= 4 is 57.9 Å². The van der Waals surface area contributed by atoms with Crippen molar-refractivity contribution in [3.05, 3.63) is 86.1 Å². The third-order valence-electron chi connectivity index (χ3n) is 4.14. The SMILES string of the molecule is Cc1nc(Cc2nnc(S[C@@H](C(=O)Nc3cc(Cl)cc(Cl)c3)c3ccccc3)o2)cs1. The van der Waals surface area contributed by atoms with Gasteiger partial charge in [0.15, 0.2) is 0 Å². The number of hydrogen-bond acceptors (Lipinski definition) is 7. The zero-order chi connectivity index (χ0) is 21.8. The van der Waals surface area contributed by atoms with E-state index >= 15 is 0 Å². The lowest BCUT2D eigenvalue weighted by Gasteiger charge is -2.15. The predicted molar refractivity (Wildman–Crippen MR) is 124 cm³/mol. The normalized spacial score (nSPS) is 12.0. The summed E-state index contributed by atoms with van der Waals surface area (Å²) in [5, 5.41) is 14.6. The number of rotatable bonds is 7. The smallest absolute Gasteiger partial charge is 0.277 e. The van der Waals surface area contributed by atoms with E-state index in [1.54, 1.807) is 29.5 Å². The molecule has 4 rings (SSSR count). The number of thiazole rings is 1. The number of hydrogen-bond donors (Lipinski definition) is 1. The molecule has 0 aliphatic rings. The Morgan fingerprint density at radius 1 is 1.16 bits per heavy atom. The third kappa shape index (κ3) is 5.86. The predicted octanol–water partition coefficient (Wildman–Crippen LogP) is 6.20. The molecular formula is C21H16Cl2N4O2S2. The summed E-state index contributed by atoms with van der Waals surface area (Å²) in [5.74, 6) is 0.186. The molecule has 1 amide bonds. The molecule has 0 spiro atoms. The maximum absolute atomic E-state index is 13.1. The Morgan fingerprint density at radius 3 is 2.58 bits per heavy atom. The van der Waals surface area contributed by atoms with Crippen molar-refractivity contribution in [2.75, 3.05) is 5.32 Å². The lowest BCUT2D eigenvalue weighted by Crippen LogP contribution is -2.19. The lowest BCUT2D eigenvalue weighted by molar-refractivity contribution is -0.115. The fourth-order valence-electron chi connectivity index (χ4n) is 2.84. The molecule has 0 radical (unpaired) electrons. The van der Waals surface area contributed by atoms with Gasteiger partial charge in [-0.25, -0.2) is 4.98 Å². The number of nitrogens with zero attached hydrogens (tertiary/aromatic N) is 3. The second kappa shape index (κ2) is 9.82. The monoisotopic (exact) mass is 490 g/mol. The Kier molecular flexibility index (Phi) is 6.92. The molecule has 0 saturated heterocycles. The summed E-state index contributed by atoms with van der Waals surface area (Å²) in [6.45, 7) is 1.94. The number of benzene rings is 2. The summed E-state index contributed by atoms with van der Waals surface area (Å²) in [6.07, 6.45) is 0.446.